The van der Waals surface area contributed by atoms with Gasteiger partial charge in [-0.25, -0.2) is 14.3 Å². The van der Waals surface area contributed by atoms with Crippen LogP contribution < -0.4 is 4.74 Å². The van der Waals surface area contributed by atoms with E-state index >= 15 is 0 Å². The molecular formula is C26H27N7OS. The Morgan fingerprint density at radius 2 is 1.91 bits per heavy atom. The van der Waals surface area contributed by atoms with Crippen molar-refractivity contribution < 1.29 is 4.74 Å². The van der Waals surface area contributed by atoms with Gasteiger partial charge >= 0.3 is 0 Å². The average molecular weight is 486 g/mol. The van der Waals surface area contributed by atoms with Crippen LogP contribution in [0.2, 0.25) is 0 Å². The Hall–Kier alpha value is -3.64. The normalized spacial score (nSPS) is 17.1. The highest BCUT2D eigenvalue weighted by Crippen LogP contribution is 2.40. The zero-order valence-electron chi connectivity index (χ0n) is 19.6. The van der Waals surface area contributed by atoms with E-state index < -0.39 is 0 Å². The molecule has 0 unspecified atom stereocenters. The number of nitrogens with zero attached hydrogens (tertiary/aromatic N) is 7. The Morgan fingerprint density at radius 1 is 1.09 bits per heavy atom. The van der Waals surface area contributed by atoms with E-state index in [4.69, 9.17) is 9.84 Å². The third-order valence-electron chi connectivity index (χ3n) is 7.08. The quantitative estimate of drug-likeness (QED) is 0.413. The molecule has 0 spiro atoms. The van der Waals surface area contributed by atoms with Gasteiger partial charge in [0.15, 0.2) is 0 Å². The molecule has 8 nitrogen and oxygen atoms in total. The summed E-state index contributed by atoms with van der Waals surface area (Å²) in [6.45, 7) is 0. The molecular weight excluding hydrogens is 458 g/mol. The number of hydrogen-bond acceptors (Lipinski definition) is 6. The highest BCUT2D eigenvalue weighted by molar-refractivity contribution is 7.59. The van der Waals surface area contributed by atoms with Gasteiger partial charge in [-0.2, -0.15) is 23.9 Å². The van der Waals surface area contributed by atoms with E-state index in [1.807, 2.05) is 39.7 Å². The predicted molar refractivity (Wildman–Crippen MR) is 136 cm³/mol. The van der Waals surface area contributed by atoms with Gasteiger partial charge in [-0.1, -0.05) is 30.2 Å². The zero-order valence-corrected chi connectivity index (χ0v) is 20.6. The van der Waals surface area contributed by atoms with Crippen molar-refractivity contribution in [2.45, 2.75) is 50.5 Å². The van der Waals surface area contributed by atoms with E-state index in [1.165, 1.54) is 31.2 Å². The smallest absolute Gasteiger partial charge is 0.144 e. The van der Waals surface area contributed by atoms with Gasteiger partial charge in [-0.15, -0.1) is 5.10 Å². The molecule has 3 aromatic heterocycles. The van der Waals surface area contributed by atoms with Gasteiger partial charge in [0.1, 0.15) is 23.2 Å². The molecule has 35 heavy (non-hydrogen) atoms. The second kappa shape index (κ2) is 9.55. The van der Waals surface area contributed by atoms with Gasteiger partial charge in [0, 0.05) is 35.9 Å². The summed E-state index contributed by atoms with van der Waals surface area (Å²) >= 11 is 0. The number of pyridine rings is 1. The van der Waals surface area contributed by atoms with Gasteiger partial charge in [0.2, 0.25) is 0 Å². The van der Waals surface area contributed by atoms with Crippen LogP contribution in [0, 0.1) is 11.3 Å². The van der Waals surface area contributed by atoms with Crippen LogP contribution in [-0.2, 0) is 12.8 Å². The second-order valence-electron chi connectivity index (χ2n) is 9.07. The number of para-hydroxylation sites is 2. The Kier molecular flexibility index (Phi) is 6.31. The van der Waals surface area contributed by atoms with E-state index in [-0.39, 0.29) is 19.5 Å². The summed E-state index contributed by atoms with van der Waals surface area (Å²) in [4.78, 5) is 4.32. The Bertz CT molecular complexity index is 1380. The lowest BCUT2D eigenvalue weighted by molar-refractivity contribution is 0.411. The van der Waals surface area contributed by atoms with Gasteiger partial charge in [-0.05, 0) is 43.5 Å². The summed E-state index contributed by atoms with van der Waals surface area (Å²) in [6, 6.07) is 13.9. The minimum absolute atomic E-state index is 0. The lowest BCUT2D eigenvalue weighted by Gasteiger charge is -2.15. The number of aromatic nitrogens is 6. The fourth-order valence-corrected chi connectivity index (χ4v) is 5.35. The van der Waals surface area contributed by atoms with Crippen LogP contribution in [0.1, 0.15) is 60.3 Å². The fourth-order valence-electron chi connectivity index (χ4n) is 5.35. The number of hydrogen-bond donors (Lipinski definition) is 0. The third kappa shape index (κ3) is 4.08. The van der Waals surface area contributed by atoms with Crippen LogP contribution in [0.5, 0.6) is 5.75 Å². The molecule has 0 bridgehead atoms. The first-order valence-corrected chi connectivity index (χ1v) is 11.8. The van der Waals surface area contributed by atoms with E-state index in [0.29, 0.717) is 11.6 Å². The molecule has 0 radical (unpaired) electrons. The van der Waals surface area contributed by atoms with Crippen molar-refractivity contribution >= 4 is 13.5 Å². The molecule has 4 aromatic rings. The molecule has 1 fully saturated rings. The Labute approximate surface area is 211 Å². The van der Waals surface area contributed by atoms with Gasteiger partial charge in [0.05, 0.1) is 30.2 Å². The topological polar surface area (TPSA) is 94.4 Å². The number of nitriles is 1. The number of methoxy groups -OCH3 is 1. The second-order valence-corrected chi connectivity index (χ2v) is 9.07. The van der Waals surface area contributed by atoms with Crippen molar-refractivity contribution in [1.82, 2.24) is 29.8 Å². The van der Waals surface area contributed by atoms with E-state index in [0.717, 1.165) is 46.9 Å². The van der Waals surface area contributed by atoms with Crippen LogP contribution in [0.4, 0.5) is 0 Å². The van der Waals surface area contributed by atoms with Crippen LogP contribution >= 0.6 is 13.5 Å². The fraction of sp³-hybridized carbons (Fsp3) is 0.346. The molecule has 9 heteroatoms. The number of benzene rings is 1. The summed E-state index contributed by atoms with van der Waals surface area (Å²) < 4.78 is 9.61. The molecule has 0 aliphatic heterocycles. The summed E-state index contributed by atoms with van der Waals surface area (Å²) in [5.74, 6) is 1.30. The summed E-state index contributed by atoms with van der Waals surface area (Å²) in [7, 11) is 1.67. The number of fused-ring (bicyclic) bond motifs is 1. The van der Waals surface area contributed by atoms with Crippen LogP contribution in [0.25, 0.3) is 16.9 Å². The van der Waals surface area contributed by atoms with Crippen molar-refractivity contribution in [3.05, 3.63) is 71.4 Å². The van der Waals surface area contributed by atoms with Crippen LogP contribution in [0.15, 0.2) is 48.8 Å². The molecule has 2 aliphatic carbocycles. The van der Waals surface area contributed by atoms with E-state index in [2.05, 4.69) is 27.6 Å². The highest BCUT2D eigenvalue weighted by Gasteiger charge is 2.33. The Morgan fingerprint density at radius 3 is 2.66 bits per heavy atom. The van der Waals surface area contributed by atoms with E-state index in [9.17, 15) is 5.26 Å². The minimum atomic E-state index is 0. The predicted octanol–water partition coefficient (Wildman–Crippen LogP) is 4.52. The first-order valence-electron chi connectivity index (χ1n) is 11.8. The maximum Gasteiger partial charge on any atom is 0.144 e. The van der Waals surface area contributed by atoms with Gasteiger partial charge in [-0.3, -0.25) is 0 Å². The first-order chi connectivity index (χ1) is 16.7. The van der Waals surface area contributed by atoms with Crippen molar-refractivity contribution in [1.29, 1.82) is 5.26 Å². The SMILES string of the molecule is COc1ccccc1-n1nc2c(c1-c1ccc(C#N)nc1)C[C@H](n1cc(C3CCCC3)nn1)C2.S. The standard InChI is InChI=1S/C26H25N7O.H2S/c1-34-25-9-5-4-8-24(25)33-26(18-10-11-19(14-27)28-15-18)21-12-20(13-22(21)30-33)32-16-23(29-31-32)17-6-2-3-7-17;/h4-5,8-11,15-17,20H,2-3,6-7,12-13H2,1H3;1H2/t20-;/m0./s1. The Balaban J connectivity index is 0.00000253. The molecule has 1 aromatic carbocycles. The molecule has 0 amide bonds. The van der Waals surface area contributed by atoms with Crippen molar-refractivity contribution in [3.63, 3.8) is 0 Å². The average Bonchev–Trinajstić information content (AvgIpc) is 3.67. The van der Waals surface area contributed by atoms with Crippen molar-refractivity contribution in [2.75, 3.05) is 7.11 Å². The van der Waals surface area contributed by atoms with Crippen LogP contribution in [0.3, 0.4) is 0 Å². The van der Waals surface area contributed by atoms with Gasteiger partial charge in [0.25, 0.3) is 0 Å². The monoisotopic (exact) mass is 485 g/mol. The lowest BCUT2D eigenvalue weighted by atomic mass is 10.1. The molecule has 1 saturated carbocycles. The molecule has 6 rings (SSSR count). The molecule has 178 valence electrons. The van der Waals surface area contributed by atoms with Crippen molar-refractivity contribution in [2.24, 2.45) is 0 Å². The molecule has 3 heterocycles. The van der Waals surface area contributed by atoms with Gasteiger partial charge < -0.3 is 4.74 Å². The summed E-state index contributed by atoms with van der Waals surface area (Å²) in [5, 5.41) is 23.2. The van der Waals surface area contributed by atoms with Crippen molar-refractivity contribution in [3.8, 4) is 28.8 Å². The molecule has 2 aliphatic rings. The lowest BCUT2D eigenvalue weighted by Crippen LogP contribution is -2.12. The maximum absolute atomic E-state index is 9.19. The zero-order chi connectivity index (χ0) is 23.1. The van der Waals surface area contributed by atoms with E-state index in [1.54, 1.807) is 19.4 Å². The van der Waals surface area contributed by atoms with Crippen LogP contribution in [-0.4, -0.2) is 36.9 Å². The number of rotatable bonds is 5. The highest BCUT2D eigenvalue weighted by atomic mass is 32.1. The maximum atomic E-state index is 9.19. The molecule has 0 N–H and O–H groups in total. The number of ether oxygens (including phenoxy) is 1. The first kappa shape index (κ1) is 23.1. The molecule has 0 saturated heterocycles. The summed E-state index contributed by atoms with van der Waals surface area (Å²) in [5.41, 5.74) is 6.52. The third-order valence-corrected chi connectivity index (χ3v) is 7.08. The summed E-state index contributed by atoms with van der Waals surface area (Å²) in [6.07, 6.45) is 10.5. The minimum Gasteiger partial charge on any atom is -0.494 e. The largest absolute Gasteiger partial charge is 0.494 e. The molecule has 1 atom stereocenters.